The van der Waals surface area contributed by atoms with Gasteiger partial charge >= 0.3 is 0 Å². The molecule has 7 nitrogen and oxygen atoms in total. The number of rotatable bonds is 7. The summed E-state index contributed by atoms with van der Waals surface area (Å²) in [6, 6.07) is 9.13. The Morgan fingerprint density at radius 3 is 2.42 bits per heavy atom. The van der Waals surface area contributed by atoms with Gasteiger partial charge in [-0.05, 0) is 12.0 Å². The summed E-state index contributed by atoms with van der Waals surface area (Å²) in [7, 11) is -1.69. The average Bonchev–Trinajstić information content (AvgIpc) is 3.01. The molecule has 1 amide bonds. The van der Waals surface area contributed by atoms with Crippen LogP contribution in [0.1, 0.15) is 12.0 Å². The lowest BCUT2D eigenvalue weighted by atomic mass is 10.2. The van der Waals surface area contributed by atoms with E-state index in [-0.39, 0.29) is 17.7 Å². The molecule has 0 saturated carbocycles. The molecule has 2 heterocycles. The summed E-state index contributed by atoms with van der Waals surface area (Å²) in [4.78, 5) is 16.5. The number of sulfonamides is 1. The smallest absolute Gasteiger partial charge is 0.240 e. The fourth-order valence-corrected chi connectivity index (χ4v) is 5.17. The molecule has 26 heavy (non-hydrogen) atoms. The van der Waals surface area contributed by atoms with Crippen LogP contribution >= 0.6 is 0 Å². The molecule has 1 unspecified atom stereocenters. The number of piperazine rings is 1. The van der Waals surface area contributed by atoms with Crippen molar-refractivity contribution < 1.29 is 17.9 Å². The van der Waals surface area contributed by atoms with Crippen molar-refractivity contribution in [2.24, 2.45) is 0 Å². The van der Waals surface area contributed by atoms with E-state index in [0.29, 0.717) is 39.3 Å². The van der Waals surface area contributed by atoms with E-state index in [1.165, 1.54) is 0 Å². The lowest BCUT2D eigenvalue weighted by Crippen LogP contribution is -2.54. The molecule has 0 aromatic heterocycles. The average molecular weight is 381 g/mol. The Labute approximate surface area is 155 Å². The van der Waals surface area contributed by atoms with Crippen molar-refractivity contribution >= 4 is 15.9 Å². The molecule has 1 aromatic rings. The zero-order valence-electron chi connectivity index (χ0n) is 15.2. The Kier molecular flexibility index (Phi) is 6.29. The van der Waals surface area contributed by atoms with E-state index in [4.69, 9.17) is 4.74 Å². The van der Waals surface area contributed by atoms with Gasteiger partial charge in [-0.1, -0.05) is 30.3 Å². The van der Waals surface area contributed by atoms with Gasteiger partial charge in [0.25, 0.3) is 0 Å². The van der Waals surface area contributed by atoms with Gasteiger partial charge in [0, 0.05) is 46.4 Å². The van der Waals surface area contributed by atoms with Crippen molar-refractivity contribution in [3.05, 3.63) is 35.9 Å². The zero-order valence-corrected chi connectivity index (χ0v) is 16.0. The number of carbonyl (C=O) groups excluding carboxylic acids is 1. The number of nitrogens with zero attached hydrogens (tertiary/aromatic N) is 3. The van der Waals surface area contributed by atoms with Crippen LogP contribution in [0, 0.1) is 0 Å². The van der Waals surface area contributed by atoms with Gasteiger partial charge in [-0.2, -0.15) is 4.31 Å². The molecule has 0 bridgehead atoms. The summed E-state index contributed by atoms with van der Waals surface area (Å²) in [6.45, 7) is 4.00. The van der Waals surface area contributed by atoms with E-state index in [2.05, 4.69) is 4.90 Å². The number of methoxy groups -OCH3 is 1. The van der Waals surface area contributed by atoms with Crippen molar-refractivity contribution in [2.75, 3.05) is 53.0 Å². The maximum absolute atomic E-state index is 12.6. The number of benzene rings is 1. The molecule has 0 spiro atoms. The van der Waals surface area contributed by atoms with Gasteiger partial charge < -0.3 is 9.64 Å². The Balaban J connectivity index is 1.53. The highest BCUT2D eigenvalue weighted by Gasteiger charge is 2.38. The third-order valence-corrected chi connectivity index (χ3v) is 6.98. The number of amides is 1. The van der Waals surface area contributed by atoms with Crippen LogP contribution in [0.4, 0.5) is 0 Å². The minimum Gasteiger partial charge on any atom is -0.383 e. The van der Waals surface area contributed by atoms with Gasteiger partial charge in [0.2, 0.25) is 15.9 Å². The second-order valence-electron chi connectivity index (χ2n) is 6.80. The largest absolute Gasteiger partial charge is 0.383 e. The highest BCUT2D eigenvalue weighted by molar-refractivity contribution is 7.88. The molecule has 1 atom stereocenters. The molecule has 3 rings (SSSR count). The van der Waals surface area contributed by atoms with Crippen molar-refractivity contribution in [3.63, 3.8) is 0 Å². The van der Waals surface area contributed by atoms with Gasteiger partial charge in [0.1, 0.15) is 0 Å². The van der Waals surface area contributed by atoms with E-state index >= 15 is 0 Å². The minimum absolute atomic E-state index is 0.0288. The highest BCUT2D eigenvalue weighted by Crippen LogP contribution is 2.20. The van der Waals surface area contributed by atoms with Crippen LogP contribution in [0.5, 0.6) is 0 Å². The molecule has 0 radical (unpaired) electrons. The standard InChI is InChI=1S/C18H27N3O4S/c1-25-14-13-20-8-7-17(18(20)22)19-9-11-21(12-10-19)26(23,24)15-16-5-3-2-4-6-16/h2-6,17H,7-15H2,1H3. The first-order valence-electron chi connectivity index (χ1n) is 9.05. The zero-order chi connectivity index (χ0) is 18.6. The number of carbonyl (C=O) groups is 1. The van der Waals surface area contributed by atoms with Crippen LogP contribution in [0.2, 0.25) is 0 Å². The second kappa shape index (κ2) is 8.47. The fraction of sp³-hybridized carbons (Fsp3) is 0.611. The lowest BCUT2D eigenvalue weighted by Gasteiger charge is -2.36. The van der Waals surface area contributed by atoms with Crippen LogP contribution in [0.25, 0.3) is 0 Å². The van der Waals surface area contributed by atoms with Gasteiger partial charge in [0.15, 0.2) is 0 Å². The number of likely N-dealkylation sites (tertiary alicyclic amines) is 1. The van der Waals surface area contributed by atoms with Crippen molar-refractivity contribution in [1.29, 1.82) is 0 Å². The van der Waals surface area contributed by atoms with Gasteiger partial charge in [0.05, 0.1) is 18.4 Å². The molecule has 2 aliphatic rings. The van der Waals surface area contributed by atoms with Gasteiger partial charge in [-0.15, -0.1) is 0 Å². The Bertz CT molecular complexity index is 702. The van der Waals surface area contributed by atoms with Crippen LogP contribution in [-0.2, 0) is 25.3 Å². The predicted molar refractivity (Wildman–Crippen MR) is 99.1 cm³/mol. The first-order valence-corrected chi connectivity index (χ1v) is 10.7. The first-order chi connectivity index (χ1) is 12.5. The first kappa shape index (κ1) is 19.3. The Morgan fingerprint density at radius 1 is 1.08 bits per heavy atom. The molecule has 0 N–H and O–H groups in total. The summed E-state index contributed by atoms with van der Waals surface area (Å²) in [6.07, 6.45) is 0.805. The van der Waals surface area contributed by atoms with Crippen molar-refractivity contribution in [2.45, 2.75) is 18.2 Å². The molecule has 0 aliphatic carbocycles. The highest BCUT2D eigenvalue weighted by atomic mass is 32.2. The SMILES string of the molecule is COCCN1CCC(N2CCN(S(=O)(=O)Cc3ccccc3)CC2)C1=O. The maximum Gasteiger partial charge on any atom is 0.240 e. The number of hydrogen-bond donors (Lipinski definition) is 0. The van der Waals surface area contributed by atoms with Gasteiger partial charge in [-0.3, -0.25) is 9.69 Å². The fourth-order valence-electron chi connectivity index (χ4n) is 3.65. The minimum atomic E-state index is -3.32. The Morgan fingerprint density at radius 2 is 1.77 bits per heavy atom. The summed E-state index contributed by atoms with van der Waals surface area (Å²) in [5.74, 6) is 0.170. The van der Waals surface area contributed by atoms with E-state index < -0.39 is 10.0 Å². The van der Waals surface area contributed by atoms with Crippen LogP contribution < -0.4 is 0 Å². The van der Waals surface area contributed by atoms with Crippen molar-refractivity contribution in [3.8, 4) is 0 Å². The number of ether oxygens (including phenoxy) is 1. The van der Waals surface area contributed by atoms with E-state index in [1.807, 2.05) is 35.2 Å². The molecule has 2 aliphatic heterocycles. The maximum atomic E-state index is 12.6. The van der Waals surface area contributed by atoms with Crippen LogP contribution in [-0.4, -0.2) is 87.5 Å². The molecule has 8 heteroatoms. The molecule has 144 valence electrons. The molecular formula is C18H27N3O4S. The summed E-state index contributed by atoms with van der Waals surface area (Å²) >= 11 is 0. The molecule has 2 saturated heterocycles. The van der Waals surface area contributed by atoms with Crippen LogP contribution in [0.3, 0.4) is 0 Å². The molecule has 2 fully saturated rings. The summed E-state index contributed by atoms with van der Waals surface area (Å²) < 4.78 is 31.9. The molecule has 1 aromatic carbocycles. The second-order valence-corrected chi connectivity index (χ2v) is 8.77. The topological polar surface area (TPSA) is 70.2 Å². The molecular weight excluding hydrogens is 354 g/mol. The normalized spacial score (nSPS) is 22.9. The van der Waals surface area contributed by atoms with E-state index in [9.17, 15) is 13.2 Å². The summed E-state index contributed by atoms with van der Waals surface area (Å²) in [5.41, 5.74) is 0.801. The van der Waals surface area contributed by atoms with E-state index in [1.54, 1.807) is 11.4 Å². The van der Waals surface area contributed by atoms with E-state index in [0.717, 1.165) is 18.5 Å². The number of hydrogen-bond acceptors (Lipinski definition) is 5. The Hall–Kier alpha value is -1.48. The lowest BCUT2D eigenvalue weighted by molar-refractivity contribution is -0.133. The monoisotopic (exact) mass is 381 g/mol. The summed E-state index contributed by atoms with van der Waals surface area (Å²) in [5, 5.41) is 0. The quantitative estimate of drug-likeness (QED) is 0.683. The van der Waals surface area contributed by atoms with Crippen molar-refractivity contribution in [1.82, 2.24) is 14.1 Å². The predicted octanol–water partition coefficient (Wildman–Crippen LogP) is 0.381. The van der Waals surface area contributed by atoms with Crippen LogP contribution in [0.15, 0.2) is 30.3 Å². The van der Waals surface area contributed by atoms with Gasteiger partial charge in [-0.25, -0.2) is 8.42 Å². The third kappa shape index (κ3) is 4.43. The third-order valence-electron chi connectivity index (χ3n) is 5.13.